The van der Waals surface area contributed by atoms with Crippen molar-refractivity contribution >= 4 is 28.5 Å². The van der Waals surface area contributed by atoms with Gasteiger partial charge in [0.1, 0.15) is 6.54 Å². The number of amides is 2. The van der Waals surface area contributed by atoms with Crippen molar-refractivity contribution in [2.75, 3.05) is 0 Å². The molecule has 2 saturated carbocycles. The van der Waals surface area contributed by atoms with Crippen LogP contribution in [0, 0.1) is 17.3 Å². The number of fused-ring (bicyclic) bond motifs is 2. The second kappa shape index (κ2) is 7.67. The number of aromatic nitrogens is 3. The Morgan fingerprint density at radius 2 is 2.06 bits per heavy atom. The fourth-order valence-corrected chi connectivity index (χ4v) is 6.08. The van der Waals surface area contributed by atoms with Crippen molar-refractivity contribution in [3.63, 3.8) is 0 Å². The minimum Gasteiger partial charge on any atom is -0.364 e. The zero-order valence-corrected chi connectivity index (χ0v) is 18.8. The van der Waals surface area contributed by atoms with Crippen molar-refractivity contribution in [1.82, 2.24) is 19.7 Å². The van der Waals surface area contributed by atoms with Gasteiger partial charge in [-0.1, -0.05) is 20.3 Å². The van der Waals surface area contributed by atoms with Gasteiger partial charge in [0.15, 0.2) is 11.5 Å². The Balaban J connectivity index is 1.33. The summed E-state index contributed by atoms with van der Waals surface area (Å²) in [4.78, 5) is 44.3. The molecule has 8 nitrogen and oxygen atoms in total. The summed E-state index contributed by atoms with van der Waals surface area (Å²) in [6.07, 6.45) is 10.0. The molecular formula is C24H31N5O3. The minimum atomic E-state index is -0.640. The van der Waals surface area contributed by atoms with Gasteiger partial charge < -0.3 is 10.6 Å². The molecule has 0 radical (unpaired) electrons. The molecule has 2 aliphatic carbocycles. The van der Waals surface area contributed by atoms with E-state index in [4.69, 9.17) is 5.73 Å². The molecule has 5 rings (SSSR count). The first-order valence-corrected chi connectivity index (χ1v) is 11.7. The Morgan fingerprint density at radius 1 is 1.25 bits per heavy atom. The quantitative estimate of drug-likeness (QED) is 0.747. The monoisotopic (exact) mass is 437 g/mol. The average Bonchev–Trinajstić information content (AvgIpc) is 3.23. The number of rotatable bonds is 6. The number of pyridine rings is 1. The molecule has 2 aromatic heterocycles. The first-order chi connectivity index (χ1) is 15.2. The topological polar surface area (TPSA) is 111 Å². The first kappa shape index (κ1) is 21.1. The number of hydrogen-bond donors (Lipinski definition) is 1. The number of ketones is 1. The molecule has 0 spiro atoms. The highest BCUT2D eigenvalue weighted by Crippen LogP contribution is 2.49. The maximum Gasteiger partial charge on any atom is 0.269 e. The van der Waals surface area contributed by atoms with Crippen LogP contribution in [0.3, 0.4) is 0 Å². The van der Waals surface area contributed by atoms with E-state index >= 15 is 0 Å². The zero-order valence-electron chi connectivity index (χ0n) is 18.8. The van der Waals surface area contributed by atoms with E-state index in [1.165, 1.54) is 17.5 Å². The van der Waals surface area contributed by atoms with E-state index in [1.807, 2.05) is 4.90 Å². The zero-order chi connectivity index (χ0) is 22.6. The number of piperidine rings is 1. The van der Waals surface area contributed by atoms with Gasteiger partial charge in [-0.15, -0.1) is 0 Å². The van der Waals surface area contributed by atoms with Crippen LogP contribution >= 0.6 is 0 Å². The van der Waals surface area contributed by atoms with E-state index in [0.717, 1.165) is 25.7 Å². The Hall–Kier alpha value is -2.77. The summed E-state index contributed by atoms with van der Waals surface area (Å²) in [5.41, 5.74) is 6.49. The Morgan fingerprint density at radius 3 is 2.81 bits per heavy atom. The molecule has 170 valence electrons. The molecule has 1 aliphatic heterocycles. The molecule has 3 fully saturated rings. The van der Waals surface area contributed by atoms with Crippen LogP contribution in [0.1, 0.15) is 69.3 Å². The summed E-state index contributed by atoms with van der Waals surface area (Å²) in [5.74, 6) is 0.297. The Bertz CT molecular complexity index is 1090. The van der Waals surface area contributed by atoms with E-state index in [9.17, 15) is 14.4 Å². The average molecular weight is 438 g/mol. The predicted octanol–water partition coefficient (Wildman–Crippen LogP) is 2.70. The van der Waals surface area contributed by atoms with Gasteiger partial charge in [-0.25, -0.2) is 0 Å². The van der Waals surface area contributed by atoms with Gasteiger partial charge in [0.25, 0.3) is 5.91 Å². The van der Waals surface area contributed by atoms with Gasteiger partial charge in [0.05, 0.1) is 17.8 Å². The van der Waals surface area contributed by atoms with E-state index in [0.29, 0.717) is 34.6 Å². The Labute approximate surface area is 187 Å². The van der Waals surface area contributed by atoms with Crippen molar-refractivity contribution in [3.05, 3.63) is 24.2 Å². The normalized spacial score (nSPS) is 28.5. The highest BCUT2D eigenvalue weighted by molar-refractivity contribution is 6.04. The number of carbonyl (C=O) groups excluding carboxylic acids is 3. The largest absolute Gasteiger partial charge is 0.364 e. The van der Waals surface area contributed by atoms with Crippen molar-refractivity contribution in [3.8, 4) is 0 Å². The van der Waals surface area contributed by atoms with Crippen molar-refractivity contribution in [2.45, 2.75) is 77.4 Å². The van der Waals surface area contributed by atoms with Crippen LogP contribution in [0.2, 0.25) is 0 Å². The van der Waals surface area contributed by atoms with Crippen LogP contribution in [-0.4, -0.2) is 49.3 Å². The maximum atomic E-state index is 13.4. The number of likely N-dealkylation sites (tertiary alicyclic amines) is 1. The Kier molecular flexibility index (Phi) is 5.06. The number of hydrogen-bond acceptors (Lipinski definition) is 5. The molecule has 0 unspecified atom stereocenters. The third kappa shape index (κ3) is 3.80. The highest BCUT2D eigenvalue weighted by atomic mass is 16.2. The summed E-state index contributed by atoms with van der Waals surface area (Å²) < 4.78 is 1.49. The van der Waals surface area contributed by atoms with Gasteiger partial charge in [0.2, 0.25) is 5.91 Å². The van der Waals surface area contributed by atoms with E-state index in [-0.39, 0.29) is 36.0 Å². The second-order valence-corrected chi connectivity index (χ2v) is 10.7. The minimum absolute atomic E-state index is 0.0288. The lowest BCUT2D eigenvalue weighted by molar-refractivity contribution is -0.140. The number of nitrogens with two attached hydrogens (primary N) is 1. The predicted molar refractivity (Wildman–Crippen MR) is 119 cm³/mol. The standard InChI is InChI=1S/C24H31N5O3/c1-24(2)6-3-4-14(11-24)8-20(30)18-10-15-9-17(15)29(18)21(31)13-28-19-12-26-7-5-16(19)22(27-28)23(25)32/h5,7,12,14-15,17-18H,3-4,6,8-11,13H2,1-2H3,(H2,25,32)/t14-,15+,17+,18-/m0/s1. The molecule has 0 aromatic carbocycles. The summed E-state index contributed by atoms with van der Waals surface area (Å²) in [7, 11) is 0. The molecule has 2 N–H and O–H groups in total. The van der Waals surface area contributed by atoms with Crippen molar-refractivity contribution in [1.29, 1.82) is 0 Å². The van der Waals surface area contributed by atoms with Crippen molar-refractivity contribution < 1.29 is 14.4 Å². The van der Waals surface area contributed by atoms with Crippen LogP contribution in [0.25, 0.3) is 10.9 Å². The highest BCUT2D eigenvalue weighted by Gasteiger charge is 2.55. The van der Waals surface area contributed by atoms with Gasteiger partial charge in [-0.05, 0) is 55.4 Å². The van der Waals surface area contributed by atoms with E-state index in [1.54, 1.807) is 18.5 Å². The molecule has 4 atom stereocenters. The van der Waals surface area contributed by atoms with E-state index < -0.39 is 5.91 Å². The molecule has 3 heterocycles. The molecule has 8 heteroatoms. The number of Topliss-reactive ketones (excluding diaryl/α,β-unsaturated/α-hetero) is 1. The van der Waals surface area contributed by atoms with Crippen molar-refractivity contribution in [2.24, 2.45) is 23.0 Å². The smallest absolute Gasteiger partial charge is 0.269 e. The molecule has 0 bridgehead atoms. The summed E-state index contributed by atoms with van der Waals surface area (Å²) >= 11 is 0. The van der Waals surface area contributed by atoms with Crippen LogP contribution in [0.5, 0.6) is 0 Å². The molecule has 1 saturated heterocycles. The molecule has 3 aliphatic rings. The summed E-state index contributed by atoms with van der Waals surface area (Å²) in [6, 6.07) is 1.51. The van der Waals surface area contributed by atoms with Crippen LogP contribution in [0.4, 0.5) is 0 Å². The lowest BCUT2D eigenvalue weighted by Crippen LogP contribution is -2.45. The fourth-order valence-electron chi connectivity index (χ4n) is 6.08. The maximum absolute atomic E-state index is 13.4. The molecule has 2 aromatic rings. The van der Waals surface area contributed by atoms with E-state index in [2.05, 4.69) is 23.9 Å². The third-order valence-corrected chi connectivity index (χ3v) is 7.63. The number of primary amides is 1. The summed E-state index contributed by atoms with van der Waals surface area (Å²) in [6.45, 7) is 4.54. The molecule has 32 heavy (non-hydrogen) atoms. The van der Waals surface area contributed by atoms with Gasteiger partial charge in [-0.2, -0.15) is 5.10 Å². The third-order valence-electron chi connectivity index (χ3n) is 7.63. The first-order valence-electron chi connectivity index (χ1n) is 11.7. The fraction of sp³-hybridized carbons (Fsp3) is 0.625. The lowest BCUT2D eigenvalue weighted by Gasteiger charge is -2.36. The summed E-state index contributed by atoms with van der Waals surface area (Å²) in [5, 5.41) is 4.87. The molecular weight excluding hydrogens is 406 g/mol. The molecule has 2 amide bonds. The van der Waals surface area contributed by atoms with Crippen LogP contribution < -0.4 is 5.73 Å². The SMILES string of the molecule is CC1(C)CCC[C@@H](CC(=O)[C@@H]2C[C@H]3C[C@H]3N2C(=O)Cn2nc(C(N)=O)c3ccncc32)C1. The van der Waals surface area contributed by atoms with Gasteiger partial charge in [0, 0.05) is 24.0 Å². The van der Waals surface area contributed by atoms with Gasteiger partial charge >= 0.3 is 0 Å². The number of nitrogens with zero attached hydrogens (tertiary/aromatic N) is 4. The van der Waals surface area contributed by atoms with Crippen LogP contribution in [0.15, 0.2) is 18.5 Å². The second-order valence-electron chi connectivity index (χ2n) is 10.7. The van der Waals surface area contributed by atoms with Gasteiger partial charge in [-0.3, -0.25) is 24.0 Å². The van der Waals surface area contributed by atoms with Crippen LogP contribution in [-0.2, 0) is 16.1 Å². The lowest BCUT2D eigenvalue weighted by atomic mass is 9.70. The number of carbonyl (C=O) groups is 3.